The lowest BCUT2D eigenvalue weighted by Gasteiger charge is -2.33. The monoisotopic (exact) mass is 228 g/mol. The standard InChI is InChI=1S/C12H24N2O2/c1-8-7-9(13)5-6-10(8)14-11(15)16-12(2,3)4/h8-10H,5-7,13H2,1-4H3,(H,14,15)/t8-,9-,10-/m1/s1. The molecule has 0 aromatic rings. The third-order valence-electron chi connectivity index (χ3n) is 2.91. The first-order valence-corrected chi connectivity index (χ1v) is 6.03. The van der Waals surface area contributed by atoms with Crippen molar-refractivity contribution in [3.05, 3.63) is 0 Å². The van der Waals surface area contributed by atoms with E-state index in [1.165, 1.54) is 0 Å². The third kappa shape index (κ3) is 4.39. The SMILES string of the molecule is C[C@@H]1C[C@H](N)CC[C@H]1NC(=O)OC(C)(C)C. The van der Waals surface area contributed by atoms with Gasteiger partial charge in [0.25, 0.3) is 0 Å². The maximum Gasteiger partial charge on any atom is 0.407 e. The summed E-state index contributed by atoms with van der Waals surface area (Å²) in [6.45, 7) is 7.73. The van der Waals surface area contributed by atoms with Gasteiger partial charge in [0, 0.05) is 12.1 Å². The lowest BCUT2D eigenvalue weighted by atomic mass is 9.83. The zero-order chi connectivity index (χ0) is 12.3. The van der Waals surface area contributed by atoms with Crippen molar-refractivity contribution >= 4 is 6.09 Å². The van der Waals surface area contributed by atoms with E-state index in [-0.39, 0.29) is 18.2 Å². The fraction of sp³-hybridized carbons (Fsp3) is 0.917. The first-order chi connectivity index (χ1) is 7.28. The number of carbonyl (C=O) groups excluding carboxylic acids is 1. The Morgan fingerprint density at radius 3 is 2.50 bits per heavy atom. The van der Waals surface area contributed by atoms with Gasteiger partial charge in [0.1, 0.15) is 5.60 Å². The van der Waals surface area contributed by atoms with Crippen LogP contribution >= 0.6 is 0 Å². The Hall–Kier alpha value is -0.770. The largest absolute Gasteiger partial charge is 0.444 e. The maximum atomic E-state index is 11.6. The van der Waals surface area contributed by atoms with Crippen LogP contribution in [0.4, 0.5) is 4.79 Å². The molecule has 0 radical (unpaired) electrons. The molecule has 1 amide bonds. The maximum absolute atomic E-state index is 11.6. The van der Waals surface area contributed by atoms with Gasteiger partial charge in [-0.2, -0.15) is 0 Å². The molecule has 1 fully saturated rings. The molecule has 94 valence electrons. The molecule has 0 aromatic carbocycles. The van der Waals surface area contributed by atoms with Crippen LogP contribution in [0.1, 0.15) is 47.0 Å². The lowest BCUT2D eigenvalue weighted by Crippen LogP contribution is -2.47. The molecule has 0 saturated heterocycles. The highest BCUT2D eigenvalue weighted by atomic mass is 16.6. The van der Waals surface area contributed by atoms with Crippen LogP contribution < -0.4 is 11.1 Å². The minimum atomic E-state index is -0.432. The van der Waals surface area contributed by atoms with Crippen LogP contribution in [0.25, 0.3) is 0 Å². The van der Waals surface area contributed by atoms with Crippen LogP contribution in [0, 0.1) is 5.92 Å². The van der Waals surface area contributed by atoms with Crippen molar-refractivity contribution in [2.24, 2.45) is 11.7 Å². The molecule has 1 aliphatic rings. The summed E-state index contributed by atoms with van der Waals surface area (Å²) in [5.41, 5.74) is 5.44. The first kappa shape index (κ1) is 13.3. The van der Waals surface area contributed by atoms with E-state index >= 15 is 0 Å². The van der Waals surface area contributed by atoms with Gasteiger partial charge in [-0.3, -0.25) is 0 Å². The van der Waals surface area contributed by atoms with Crippen LogP contribution in [-0.4, -0.2) is 23.8 Å². The second kappa shape index (κ2) is 5.04. The molecular formula is C12H24N2O2. The van der Waals surface area contributed by atoms with E-state index in [2.05, 4.69) is 12.2 Å². The van der Waals surface area contributed by atoms with Gasteiger partial charge in [-0.15, -0.1) is 0 Å². The number of amides is 1. The average molecular weight is 228 g/mol. The van der Waals surface area contributed by atoms with Crippen molar-refractivity contribution in [3.8, 4) is 0 Å². The second-order valence-corrected chi connectivity index (χ2v) is 5.80. The molecule has 1 saturated carbocycles. The highest BCUT2D eigenvalue weighted by Gasteiger charge is 2.28. The number of nitrogens with one attached hydrogen (secondary N) is 1. The summed E-state index contributed by atoms with van der Waals surface area (Å²) in [6, 6.07) is 0.487. The van der Waals surface area contributed by atoms with Crippen molar-refractivity contribution < 1.29 is 9.53 Å². The summed E-state index contributed by atoms with van der Waals surface area (Å²) < 4.78 is 5.23. The number of carbonyl (C=O) groups is 1. The Kier molecular flexibility index (Phi) is 4.19. The van der Waals surface area contributed by atoms with Gasteiger partial charge in [0.15, 0.2) is 0 Å². The predicted octanol–water partition coefficient (Wildman–Crippen LogP) is 2.03. The van der Waals surface area contributed by atoms with Crippen LogP contribution in [0.3, 0.4) is 0 Å². The van der Waals surface area contributed by atoms with E-state index in [4.69, 9.17) is 10.5 Å². The predicted molar refractivity (Wildman–Crippen MR) is 64.1 cm³/mol. The number of ether oxygens (including phenoxy) is 1. The highest BCUT2D eigenvalue weighted by molar-refractivity contribution is 5.68. The van der Waals surface area contributed by atoms with Crippen LogP contribution in [-0.2, 0) is 4.74 Å². The van der Waals surface area contributed by atoms with Crippen molar-refractivity contribution in [2.75, 3.05) is 0 Å². The van der Waals surface area contributed by atoms with E-state index in [0.717, 1.165) is 19.3 Å². The van der Waals surface area contributed by atoms with Gasteiger partial charge in [0.05, 0.1) is 0 Å². The Labute approximate surface area is 97.9 Å². The molecule has 0 bridgehead atoms. The van der Waals surface area contributed by atoms with E-state index in [0.29, 0.717) is 5.92 Å². The first-order valence-electron chi connectivity index (χ1n) is 6.03. The molecule has 1 rings (SSSR count). The number of alkyl carbamates (subject to hydrolysis) is 1. The molecule has 0 aromatic heterocycles. The minimum absolute atomic E-state index is 0.203. The van der Waals surface area contributed by atoms with E-state index in [1.807, 2.05) is 20.8 Å². The zero-order valence-electron chi connectivity index (χ0n) is 10.7. The van der Waals surface area contributed by atoms with E-state index < -0.39 is 5.60 Å². The molecule has 4 heteroatoms. The summed E-state index contributed by atoms with van der Waals surface area (Å²) in [5, 5.41) is 2.93. The van der Waals surface area contributed by atoms with Gasteiger partial charge in [-0.1, -0.05) is 6.92 Å². The van der Waals surface area contributed by atoms with Crippen LogP contribution in [0.2, 0.25) is 0 Å². The molecular weight excluding hydrogens is 204 g/mol. The second-order valence-electron chi connectivity index (χ2n) is 5.80. The van der Waals surface area contributed by atoms with Gasteiger partial charge >= 0.3 is 6.09 Å². The fourth-order valence-electron chi connectivity index (χ4n) is 2.11. The summed E-state index contributed by atoms with van der Waals surface area (Å²) in [5.74, 6) is 0.427. The van der Waals surface area contributed by atoms with Crippen molar-refractivity contribution in [2.45, 2.75) is 64.6 Å². The van der Waals surface area contributed by atoms with Crippen molar-refractivity contribution in [1.29, 1.82) is 0 Å². The molecule has 0 unspecified atom stereocenters. The number of hydrogen-bond donors (Lipinski definition) is 2. The molecule has 0 heterocycles. The van der Waals surface area contributed by atoms with Gasteiger partial charge in [-0.25, -0.2) is 4.79 Å². The van der Waals surface area contributed by atoms with E-state index in [9.17, 15) is 4.79 Å². The summed E-state index contributed by atoms with van der Waals surface area (Å²) in [7, 11) is 0. The Morgan fingerprint density at radius 2 is 2.00 bits per heavy atom. The van der Waals surface area contributed by atoms with E-state index in [1.54, 1.807) is 0 Å². The summed E-state index contributed by atoms with van der Waals surface area (Å²) in [6.07, 6.45) is 2.58. The van der Waals surface area contributed by atoms with Gasteiger partial charge < -0.3 is 15.8 Å². The minimum Gasteiger partial charge on any atom is -0.444 e. The third-order valence-corrected chi connectivity index (χ3v) is 2.91. The topological polar surface area (TPSA) is 64.3 Å². The van der Waals surface area contributed by atoms with Gasteiger partial charge in [-0.05, 0) is 46.0 Å². The molecule has 0 spiro atoms. The van der Waals surface area contributed by atoms with Crippen molar-refractivity contribution in [1.82, 2.24) is 5.32 Å². The molecule has 4 nitrogen and oxygen atoms in total. The number of nitrogens with two attached hydrogens (primary N) is 1. The van der Waals surface area contributed by atoms with Crippen molar-refractivity contribution in [3.63, 3.8) is 0 Å². The average Bonchev–Trinajstić information content (AvgIpc) is 2.06. The summed E-state index contributed by atoms with van der Waals surface area (Å²) >= 11 is 0. The lowest BCUT2D eigenvalue weighted by molar-refractivity contribution is 0.0469. The quantitative estimate of drug-likeness (QED) is 0.721. The number of hydrogen-bond acceptors (Lipinski definition) is 3. The van der Waals surface area contributed by atoms with Gasteiger partial charge in [0.2, 0.25) is 0 Å². The fourth-order valence-corrected chi connectivity index (χ4v) is 2.11. The summed E-state index contributed by atoms with van der Waals surface area (Å²) in [4.78, 5) is 11.6. The smallest absolute Gasteiger partial charge is 0.407 e. The molecule has 0 aliphatic heterocycles. The highest BCUT2D eigenvalue weighted by Crippen LogP contribution is 2.23. The number of rotatable bonds is 1. The molecule has 16 heavy (non-hydrogen) atoms. The zero-order valence-corrected chi connectivity index (χ0v) is 10.7. The molecule has 1 aliphatic carbocycles. The van der Waals surface area contributed by atoms with Crippen LogP contribution in [0.5, 0.6) is 0 Å². The Balaban J connectivity index is 2.39. The Morgan fingerprint density at radius 1 is 1.38 bits per heavy atom. The molecule has 3 N–H and O–H groups in total. The van der Waals surface area contributed by atoms with Crippen LogP contribution in [0.15, 0.2) is 0 Å². The normalized spacial score (nSPS) is 30.9. The molecule has 3 atom stereocenters. The Bertz CT molecular complexity index is 248.